The maximum Gasteiger partial charge on any atom is 0.307 e. The molecule has 0 aromatic heterocycles. The Kier molecular flexibility index (Phi) is 6.57. The van der Waals surface area contributed by atoms with Crippen LogP contribution in [0.2, 0.25) is 5.02 Å². The van der Waals surface area contributed by atoms with Crippen molar-refractivity contribution in [1.82, 2.24) is 5.32 Å². The maximum absolute atomic E-state index is 11.8. The van der Waals surface area contributed by atoms with Crippen LogP contribution < -0.4 is 5.32 Å². The van der Waals surface area contributed by atoms with Gasteiger partial charge in [-0.15, -0.1) is 0 Å². The summed E-state index contributed by atoms with van der Waals surface area (Å²) < 4.78 is 4.46. The summed E-state index contributed by atoms with van der Waals surface area (Å²) in [6, 6.07) is 4.65. The maximum atomic E-state index is 11.8. The molecule has 0 fully saturated rings. The van der Waals surface area contributed by atoms with Crippen LogP contribution in [0.5, 0.6) is 0 Å². The number of hydrogen-bond acceptors (Lipinski definition) is 4. The summed E-state index contributed by atoms with van der Waals surface area (Å²) in [6.45, 7) is -0.0682. The molecule has 0 atom stereocenters. The van der Waals surface area contributed by atoms with E-state index in [1.807, 2.05) is 0 Å². The SMILES string of the molecule is COC(=O)CCNC(=O)c1ccc(C#CCO)c(Cl)c1. The van der Waals surface area contributed by atoms with Gasteiger partial charge in [0.15, 0.2) is 0 Å². The number of aliphatic hydroxyl groups excluding tert-OH is 1. The predicted molar refractivity (Wildman–Crippen MR) is 74.4 cm³/mol. The van der Waals surface area contributed by atoms with Crippen LogP contribution in [0.4, 0.5) is 0 Å². The molecule has 0 aliphatic rings. The highest BCUT2D eigenvalue weighted by Crippen LogP contribution is 2.17. The van der Waals surface area contributed by atoms with Gasteiger partial charge < -0.3 is 15.2 Å². The molecule has 1 aromatic carbocycles. The van der Waals surface area contributed by atoms with Crippen molar-refractivity contribution in [2.24, 2.45) is 0 Å². The van der Waals surface area contributed by atoms with E-state index in [0.29, 0.717) is 16.1 Å². The molecular weight excluding hydrogens is 282 g/mol. The molecule has 0 saturated carbocycles. The van der Waals surface area contributed by atoms with Gasteiger partial charge in [0.2, 0.25) is 0 Å². The van der Waals surface area contributed by atoms with Crippen molar-refractivity contribution in [2.45, 2.75) is 6.42 Å². The molecule has 1 amide bonds. The fourth-order valence-corrected chi connectivity index (χ4v) is 1.60. The van der Waals surface area contributed by atoms with E-state index >= 15 is 0 Å². The first-order valence-electron chi connectivity index (χ1n) is 5.82. The molecule has 1 aromatic rings. The van der Waals surface area contributed by atoms with Crippen LogP contribution in [0, 0.1) is 11.8 Å². The molecule has 5 nitrogen and oxygen atoms in total. The Balaban J connectivity index is 2.65. The van der Waals surface area contributed by atoms with Crippen molar-refractivity contribution in [3.8, 4) is 11.8 Å². The largest absolute Gasteiger partial charge is 0.469 e. The van der Waals surface area contributed by atoms with E-state index in [0.717, 1.165) is 0 Å². The Morgan fingerprint density at radius 1 is 1.45 bits per heavy atom. The van der Waals surface area contributed by atoms with Crippen molar-refractivity contribution in [1.29, 1.82) is 0 Å². The van der Waals surface area contributed by atoms with E-state index in [-0.39, 0.29) is 25.5 Å². The molecule has 106 valence electrons. The van der Waals surface area contributed by atoms with Gasteiger partial charge in [0.1, 0.15) is 6.61 Å². The number of carbonyl (C=O) groups excluding carboxylic acids is 2. The lowest BCUT2D eigenvalue weighted by atomic mass is 10.1. The number of halogens is 1. The normalized spacial score (nSPS) is 9.35. The topological polar surface area (TPSA) is 75.6 Å². The van der Waals surface area contributed by atoms with Crippen LogP contribution in [0.1, 0.15) is 22.3 Å². The van der Waals surface area contributed by atoms with Crippen molar-refractivity contribution < 1.29 is 19.4 Å². The fraction of sp³-hybridized carbons (Fsp3) is 0.286. The monoisotopic (exact) mass is 295 g/mol. The number of nitrogens with one attached hydrogen (secondary N) is 1. The summed E-state index contributed by atoms with van der Waals surface area (Å²) in [5, 5.41) is 11.5. The molecule has 0 bridgehead atoms. The number of hydrogen-bond donors (Lipinski definition) is 2. The van der Waals surface area contributed by atoms with Gasteiger partial charge in [-0.3, -0.25) is 9.59 Å². The summed E-state index contributed by atoms with van der Waals surface area (Å²) in [5.74, 6) is 4.42. The third-order valence-corrected chi connectivity index (χ3v) is 2.69. The first kappa shape index (κ1) is 16.0. The predicted octanol–water partition coefficient (Wildman–Crippen LogP) is 0.977. The van der Waals surface area contributed by atoms with Crippen molar-refractivity contribution in [2.75, 3.05) is 20.3 Å². The van der Waals surface area contributed by atoms with Crippen LogP contribution in [0.15, 0.2) is 18.2 Å². The van der Waals surface area contributed by atoms with Gasteiger partial charge in [-0.1, -0.05) is 23.4 Å². The Hall–Kier alpha value is -2.03. The Labute approximate surface area is 121 Å². The molecule has 0 saturated heterocycles. The van der Waals surface area contributed by atoms with Crippen LogP contribution in [-0.4, -0.2) is 37.2 Å². The molecule has 0 aliphatic carbocycles. The van der Waals surface area contributed by atoms with E-state index in [1.54, 1.807) is 12.1 Å². The Morgan fingerprint density at radius 2 is 2.20 bits per heavy atom. The molecule has 0 spiro atoms. The lowest BCUT2D eigenvalue weighted by Gasteiger charge is -2.05. The minimum atomic E-state index is -0.391. The summed E-state index contributed by atoms with van der Waals surface area (Å²) in [5.41, 5.74) is 0.904. The van der Waals surface area contributed by atoms with Gasteiger partial charge in [-0.05, 0) is 18.2 Å². The molecule has 0 heterocycles. The minimum absolute atomic E-state index is 0.107. The first-order valence-corrected chi connectivity index (χ1v) is 6.20. The number of rotatable bonds is 4. The molecule has 20 heavy (non-hydrogen) atoms. The lowest BCUT2D eigenvalue weighted by Crippen LogP contribution is -2.26. The van der Waals surface area contributed by atoms with Crippen molar-refractivity contribution >= 4 is 23.5 Å². The number of amides is 1. The van der Waals surface area contributed by atoms with Gasteiger partial charge in [0.25, 0.3) is 5.91 Å². The zero-order valence-electron chi connectivity index (χ0n) is 10.9. The lowest BCUT2D eigenvalue weighted by molar-refractivity contribution is -0.140. The fourth-order valence-electron chi connectivity index (χ4n) is 1.37. The second-order valence-electron chi connectivity index (χ2n) is 3.74. The van der Waals surface area contributed by atoms with E-state index in [4.69, 9.17) is 16.7 Å². The second kappa shape index (κ2) is 8.20. The number of methoxy groups -OCH3 is 1. The average Bonchev–Trinajstić information content (AvgIpc) is 2.45. The van der Waals surface area contributed by atoms with Crippen LogP contribution >= 0.6 is 11.6 Å². The number of esters is 1. The van der Waals surface area contributed by atoms with Crippen molar-refractivity contribution in [3.05, 3.63) is 34.3 Å². The summed E-state index contributed by atoms with van der Waals surface area (Å²) in [6.07, 6.45) is 0.107. The Bertz CT molecular complexity index is 560. The average molecular weight is 296 g/mol. The van der Waals surface area contributed by atoms with E-state index in [2.05, 4.69) is 21.9 Å². The summed E-state index contributed by atoms with van der Waals surface area (Å²) >= 11 is 5.98. The zero-order valence-corrected chi connectivity index (χ0v) is 11.7. The third-order valence-electron chi connectivity index (χ3n) is 2.38. The molecule has 0 unspecified atom stereocenters. The molecule has 0 aliphatic heterocycles. The number of ether oxygens (including phenoxy) is 1. The number of carbonyl (C=O) groups is 2. The van der Waals surface area contributed by atoms with E-state index < -0.39 is 5.97 Å². The van der Waals surface area contributed by atoms with E-state index in [9.17, 15) is 9.59 Å². The van der Waals surface area contributed by atoms with Gasteiger partial charge in [0, 0.05) is 17.7 Å². The van der Waals surface area contributed by atoms with Gasteiger partial charge in [0.05, 0.1) is 18.6 Å². The van der Waals surface area contributed by atoms with Crippen LogP contribution in [0.3, 0.4) is 0 Å². The smallest absolute Gasteiger partial charge is 0.307 e. The number of benzene rings is 1. The standard InChI is InChI=1S/C14H14ClNO4/c1-20-13(18)6-7-16-14(19)11-5-4-10(3-2-8-17)12(15)9-11/h4-5,9,17H,6-8H2,1H3,(H,16,19). The number of aliphatic hydroxyl groups is 1. The van der Waals surface area contributed by atoms with Gasteiger partial charge in [-0.25, -0.2) is 0 Å². The van der Waals surface area contributed by atoms with Crippen molar-refractivity contribution in [3.63, 3.8) is 0 Å². The van der Waals surface area contributed by atoms with Gasteiger partial charge >= 0.3 is 5.97 Å². The van der Waals surface area contributed by atoms with E-state index in [1.165, 1.54) is 13.2 Å². The molecule has 1 rings (SSSR count). The Morgan fingerprint density at radius 3 is 2.80 bits per heavy atom. The molecule has 2 N–H and O–H groups in total. The second-order valence-corrected chi connectivity index (χ2v) is 4.14. The molecule has 6 heteroatoms. The highest BCUT2D eigenvalue weighted by molar-refractivity contribution is 6.32. The molecule has 0 radical (unpaired) electrons. The summed E-state index contributed by atoms with van der Waals surface area (Å²) in [4.78, 5) is 22.7. The van der Waals surface area contributed by atoms with Gasteiger partial charge in [-0.2, -0.15) is 0 Å². The molecular formula is C14H14ClNO4. The third kappa shape index (κ3) is 4.92. The van der Waals surface area contributed by atoms with Crippen LogP contribution in [0.25, 0.3) is 0 Å². The zero-order chi connectivity index (χ0) is 15.0. The highest BCUT2D eigenvalue weighted by atomic mass is 35.5. The quantitative estimate of drug-likeness (QED) is 0.641. The summed E-state index contributed by atoms with van der Waals surface area (Å²) in [7, 11) is 1.29. The van der Waals surface area contributed by atoms with Crippen LogP contribution in [-0.2, 0) is 9.53 Å². The first-order chi connectivity index (χ1) is 9.58. The minimum Gasteiger partial charge on any atom is -0.469 e. The highest BCUT2D eigenvalue weighted by Gasteiger charge is 2.08.